The molecule has 238 valence electrons. The van der Waals surface area contributed by atoms with Gasteiger partial charge in [0.2, 0.25) is 6.71 Å². The fourth-order valence-corrected chi connectivity index (χ4v) is 9.94. The van der Waals surface area contributed by atoms with Crippen LogP contribution in [0.1, 0.15) is 0 Å². The van der Waals surface area contributed by atoms with Gasteiger partial charge in [0, 0.05) is 38.6 Å². The number of rotatable bonds is 2. The zero-order valence-corrected chi connectivity index (χ0v) is 28.0. The van der Waals surface area contributed by atoms with E-state index in [0.717, 1.165) is 11.2 Å². The molecule has 13 rings (SSSR count). The van der Waals surface area contributed by atoms with E-state index in [4.69, 9.17) is 4.98 Å². The Bertz CT molecular complexity index is 3310. The van der Waals surface area contributed by atoms with Crippen molar-refractivity contribution < 1.29 is 0 Å². The number of hydrogen-bond acceptors (Lipinski definition) is 1. The number of nitrogens with zero attached hydrogens (tertiary/aromatic N) is 4. The van der Waals surface area contributed by atoms with Gasteiger partial charge >= 0.3 is 0 Å². The molecule has 5 heteroatoms. The second-order valence-electron chi connectivity index (χ2n) is 14.3. The summed E-state index contributed by atoms with van der Waals surface area (Å²) in [6, 6.07) is 58.3. The van der Waals surface area contributed by atoms with Gasteiger partial charge in [-0.15, -0.1) is 0 Å². The predicted molar refractivity (Wildman–Crippen MR) is 217 cm³/mol. The van der Waals surface area contributed by atoms with Crippen molar-refractivity contribution in [1.82, 2.24) is 18.7 Å². The SMILES string of the molecule is c1ccc(-n2c3ccccc3c3c4cccc5c4c(cc32)-c2cc(-n3c4ccccc4c4ccccc43)cc3c2B5c2cccc4ncn-3c24)cc1. The normalized spacial score (nSPS) is 13.0. The van der Waals surface area contributed by atoms with E-state index in [-0.39, 0.29) is 6.71 Å². The summed E-state index contributed by atoms with van der Waals surface area (Å²) < 4.78 is 7.27. The van der Waals surface area contributed by atoms with E-state index in [0.29, 0.717) is 0 Å². The van der Waals surface area contributed by atoms with Crippen LogP contribution in [0.5, 0.6) is 0 Å². The van der Waals surface area contributed by atoms with Gasteiger partial charge in [0.1, 0.15) is 6.33 Å². The molecule has 0 amide bonds. The number of hydrogen-bond donors (Lipinski definition) is 0. The lowest BCUT2D eigenvalue weighted by Gasteiger charge is -2.34. The van der Waals surface area contributed by atoms with Crippen LogP contribution in [0.4, 0.5) is 0 Å². The summed E-state index contributed by atoms with van der Waals surface area (Å²) in [5, 5.41) is 7.76. The third-order valence-electron chi connectivity index (χ3n) is 11.9. The van der Waals surface area contributed by atoms with Gasteiger partial charge in [0.15, 0.2) is 0 Å². The van der Waals surface area contributed by atoms with Crippen molar-refractivity contribution in [1.29, 1.82) is 0 Å². The predicted octanol–water partition coefficient (Wildman–Crippen LogP) is 9.18. The summed E-state index contributed by atoms with van der Waals surface area (Å²) in [5.41, 5.74) is 17.2. The van der Waals surface area contributed by atoms with Gasteiger partial charge in [0.25, 0.3) is 0 Å². The molecular weight excluding hydrogens is 631 g/mol. The summed E-state index contributed by atoms with van der Waals surface area (Å²) in [4.78, 5) is 4.97. The molecule has 2 aliphatic heterocycles. The van der Waals surface area contributed by atoms with Crippen LogP contribution in [0, 0.1) is 0 Å². The lowest BCUT2D eigenvalue weighted by molar-refractivity contribution is 1.08. The molecule has 0 radical (unpaired) electrons. The molecule has 0 spiro atoms. The highest BCUT2D eigenvalue weighted by molar-refractivity contribution is 7.00. The minimum atomic E-state index is 0.0845. The third kappa shape index (κ3) is 3.19. The molecule has 52 heavy (non-hydrogen) atoms. The summed E-state index contributed by atoms with van der Waals surface area (Å²) in [6.07, 6.45) is 2.03. The number of benzene rings is 8. The quantitative estimate of drug-likeness (QED) is 0.170. The van der Waals surface area contributed by atoms with Gasteiger partial charge in [-0.25, -0.2) is 4.98 Å². The van der Waals surface area contributed by atoms with E-state index in [1.165, 1.54) is 98.8 Å². The van der Waals surface area contributed by atoms with Crippen molar-refractivity contribution >= 4 is 88.5 Å². The molecule has 0 N–H and O–H groups in total. The largest absolute Gasteiger partial charge is 0.309 e. The van der Waals surface area contributed by atoms with Crippen molar-refractivity contribution in [3.05, 3.63) is 164 Å². The smallest absolute Gasteiger partial charge is 0.248 e. The first kappa shape index (κ1) is 26.9. The van der Waals surface area contributed by atoms with Gasteiger partial charge in [-0.05, 0) is 87.4 Å². The molecule has 0 saturated heterocycles. The second kappa shape index (κ2) is 9.48. The maximum atomic E-state index is 4.97. The average Bonchev–Trinajstić information content (AvgIpc) is 3.89. The maximum Gasteiger partial charge on any atom is 0.248 e. The Morgan fingerprint density at radius 1 is 0.442 bits per heavy atom. The summed E-state index contributed by atoms with van der Waals surface area (Å²) in [7, 11) is 0. The summed E-state index contributed by atoms with van der Waals surface area (Å²) in [6.45, 7) is 0.0845. The Kier molecular flexibility index (Phi) is 4.91. The van der Waals surface area contributed by atoms with Crippen LogP contribution in [-0.4, -0.2) is 25.4 Å². The molecule has 0 fully saturated rings. The van der Waals surface area contributed by atoms with E-state index in [2.05, 4.69) is 171 Å². The van der Waals surface area contributed by atoms with Gasteiger partial charge in [-0.1, -0.05) is 109 Å². The van der Waals surface area contributed by atoms with E-state index >= 15 is 0 Å². The molecule has 5 heterocycles. The van der Waals surface area contributed by atoms with E-state index in [9.17, 15) is 0 Å². The van der Waals surface area contributed by atoms with E-state index < -0.39 is 0 Å². The number of imidazole rings is 1. The number of aromatic nitrogens is 4. The Balaban J connectivity index is 1.25. The molecule has 8 aromatic carbocycles. The molecule has 0 atom stereocenters. The van der Waals surface area contributed by atoms with Crippen LogP contribution in [0.25, 0.3) is 93.6 Å². The zero-order valence-electron chi connectivity index (χ0n) is 28.0. The van der Waals surface area contributed by atoms with Crippen molar-refractivity contribution in [2.24, 2.45) is 0 Å². The Morgan fingerprint density at radius 2 is 1.08 bits per heavy atom. The van der Waals surface area contributed by atoms with Crippen LogP contribution >= 0.6 is 0 Å². The minimum Gasteiger partial charge on any atom is -0.309 e. The maximum absolute atomic E-state index is 4.97. The Labute approximate surface area is 298 Å². The third-order valence-corrected chi connectivity index (χ3v) is 11.9. The summed E-state index contributed by atoms with van der Waals surface area (Å²) >= 11 is 0. The molecule has 11 aromatic rings. The molecule has 4 nitrogen and oxygen atoms in total. The van der Waals surface area contributed by atoms with Gasteiger partial charge in [-0.2, -0.15) is 0 Å². The van der Waals surface area contributed by atoms with Gasteiger partial charge < -0.3 is 9.13 Å². The van der Waals surface area contributed by atoms with Crippen LogP contribution in [0.2, 0.25) is 0 Å². The van der Waals surface area contributed by atoms with Crippen LogP contribution in [0.15, 0.2) is 164 Å². The number of para-hydroxylation sites is 5. The molecule has 2 aliphatic rings. The molecule has 0 unspecified atom stereocenters. The van der Waals surface area contributed by atoms with E-state index in [1.54, 1.807) is 0 Å². The highest BCUT2D eigenvalue weighted by Crippen LogP contribution is 2.44. The first-order chi connectivity index (χ1) is 25.8. The molecule has 3 aromatic heterocycles. The summed E-state index contributed by atoms with van der Waals surface area (Å²) in [5.74, 6) is 0. The van der Waals surface area contributed by atoms with Crippen molar-refractivity contribution in [3.63, 3.8) is 0 Å². The van der Waals surface area contributed by atoms with Crippen molar-refractivity contribution in [3.8, 4) is 28.2 Å². The topological polar surface area (TPSA) is 27.7 Å². The lowest BCUT2D eigenvalue weighted by Crippen LogP contribution is -2.58. The first-order valence-electron chi connectivity index (χ1n) is 18.0. The van der Waals surface area contributed by atoms with Gasteiger partial charge in [0.05, 0.1) is 33.1 Å². The van der Waals surface area contributed by atoms with Crippen LogP contribution in [-0.2, 0) is 0 Å². The molecule has 0 bridgehead atoms. The highest BCUT2D eigenvalue weighted by atomic mass is 15.1. The lowest BCUT2D eigenvalue weighted by atomic mass is 9.32. The van der Waals surface area contributed by atoms with Crippen molar-refractivity contribution in [2.75, 3.05) is 0 Å². The Hall–Kier alpha value is -6.85. The molecule has 0 aliphatic carbocycles. The molecular formula is C47H27BN4. The van der Waals surface area contributed by atoms with E-state index in [1.807, 2.05) is 6.33 Å². The number of fused-ring (bicyclic) bond motifs is 11. The monoisotopic (exact) mass is 658 g/mol. The zero-order chi connectivity index (χ0) is 33.7. The first-order valence-corrected chi connectivity index (χ1v) is 18.0. The van der Waals surface area contributed by atoms with Crippen molar-refractivity contribution in [2.45, 2.75) is 0 Å². The molecule has 0 saturated carbocycles. The average molecular weight is 659 g/mol. The fourth-order valence-electron chi connectivity index (χ4n) is 9.94. The van der Waals surface area contributed by atoms with Gasteiger partial charge in [-0.3, -0.25) is 4.57 Å². The highest BCUT2D eigenvalue weighted by Gasteiger charge is 2.40. The van der Waals surface area contributed by atoms with Crippen LogP contribution < -0.4 is 16.4 Å². The minimum absolute atomic E-state index is 0.0845. The fraction of sp³-hybridized carbons (Fsp3) is 0. The Morgan fingerprint density at radius 3 is 1.87 bits per heavy atom. The standard InChI is InChI=1S/C47H27BN4/c1-2-12-28(13-3-1)51-41-23-9-6-16-32(41)45-33-17-10-18-36-44(33)34(26-42(45)51)35-24-29(52-39-21-7-4-14-30(39)31-15-5-8-22-40(31)52)25-43-46(35)48(36)37-19-11-20-38-47(37)50(43)27-49-38/h1-27H. The van der Waals surface area contributed by atoms with Crippen LogP contribution in [0.3, 0.4) is 0 Å². The second-order valence-corrected chi connectivity index (χ2v) is 14.3.